The number of ether oxygens (including phenoxy) is 1. The summed E-state index contributed by atoms with van der Waals surface area (Å²) < 4.78 is 6.68. The molecule has 1 saturated heterocycles. The molecule has 23 heavy (non-hydrogen) atoms. The van der Waals surface area contributed by atoms with Crippen molar-refractivity contribution in [1.29, 1.82) is 0 Å². The van der Waals surface area contributed by atoms with Gasteiger partial charge in [0.05, 0.1) is 10.2 Å². The van der Waals surface area contributed by atoms with E-state index in [-0.39, 0.29) is 12.3 Å². The van der Waals surface area contributed by atoms with Crippen LogP contribution in [0.15, 0.2) is 24.3 Å². The van der Waals surface area contributed by atoms with Crippen molar-refractivity contribution >= 4 is 32.8 Å². The Hall–Kier alpha value is -1.82. The van der Waals surface area contributed by atoms with Gasteiger partial charge in [-0.25, -0.2) is 9.78 Å². The van der Waals surface area contributed by atoms with Crippen LogP contribution in [0.1, 0.15) is 40.0 Å². The molecule has 2 heterocycles. The minimum atomic E-state index is -0.477. The van der Waals surface area contributed by atoms with Crippen LogP contribution in [-0.4, -0.2) is 34.3 Å². The molecule has 1 amide bonds. The van der Waals surface area contributed by atoms with Crippen LogP contribution in [0.25, 0.3) is 10.2 Å². The van der Waals surface area contributed by atoms with E-state index in [0.29, 0.717) is 0 Å². The summed E-state index contributed by atoms with van der Waals surface area (Å²) in [6.45, 7) is 6.40. The Balaban J connectivity index is 1.74. The third kappa shape index (κ3) is 3.93. The summed E-state index contributed by atoms with van der Waals surface area (Å²) in [5.74, 6) is 0. The SMILES string of the molecule is CC(C)(C)OC(=O)N1CCCCC1Nc1nc2ccccc2s1. The van der Waals surface area contributed by atoms with Gasteiger partial charge in [-0.3, -0.25) is 4.90 Å². The van der Waals surface area contributed by atoms with E-state index in [2.05, 4.69) is 16.4 Å². The Bertz CT molecular complexity index is 659. The van der Waals surface area contributed by atoms with Gasteiger partial charge < -0.3 is 10.1 Å². The van der Waals surface area contributed by atoms with Crippen molar-refractivity contribution in [3.63, 3.8) is 0 Å². The van der Waals surface area contributed by atoms with Crippen molar-refractivity contribution in [2.24, 2.45) is 0 Å². The molecule has 1 unspecified atom stereocenters. The zero-order chi connectivity index (χ0) is 16.4. The number of amides is 1. The highest BCUT2D eigenvalue weighted by Crippen LogP contribution is 2.28. The Kier molecular flexibility index (Phi) is 4.43. The number of para-hydroxylation sites is 1. The summed E-state index contributed by atoms with van der Waals surface area (Å²) >= 11 is 1.62. The van der Waals surface area contributed by atoms with Crippen LogP contribution < -0.4 is 5.32 Å². The fourth-order valence-electron chi connectivity index (χ4n) is 2.70. The number of carbonyl (C=O) groups is 1. The van der Waals surface area contributed by atoms with Crippen LogP contribution in [0.2, 0.25) is 0 Å². The van der Waals surface area contributed by atoms with E-state index >= 15 is 0 Å². The Morgan fingerprint density at radius 3 is 2.87 bits per heavy atom. The van der Waals surface area contributed by atoms with E-state index in [0.717, 1.165) is 41.2 Å². The number of aromatic nitrogens is 1. The van der Waals surface area contributed by atoms with Gasteiger partial charge in [0.15, 0.2) is 5.13 Å². The number of nitrogens with zero attached hydrogens (tertiary/aromatic N) is 2. The lowest BCUT2D eigenvalue weighted by molar-refractivity contribution is 0.0130. The van der Waals surface area contributed by atoms with Gasteiger partial charge in [0.2, 0.25) is 0 Å². The third-order valence-corrected chi connectivity index (χ3v) is 4.68. The van der Waals surface area contributed by atoms with E-state index in [9.17, 15) is 4.79 Å². The van der Waals surface area contributed by atoms with E-state index in [1.54, 1.807) is 16.2 Å². The van der Waals surface area contributed by atoms with Gasteiger partial charge in [-0.1, -0.05) is 23.5 Å². The second-order valence-corrected chi connectivity index (χ2v) is 7.85. The first kappa shape index (κ1) is 16.1. The van der Waals surface area contributed by atoms with Crippen LogP contribution in [0, 0.1) is 0 Å². The van der Waals surface area contributed by atoms with E-state index in [1.807, 2.05) is 39.0 Å². The van der Waals surface area contributed by atoms with E-state index in [1.165, 1.54) is 0 Å². The average molecular weight is 333 g/mol. The number of hydrogen-bond donors (Lipinski definition) is 1. The second kappa shape index (κ2) is 6.35. The molecule has 1 N–H and O–H groups in total. The third-order valence-electron chi connectivity index (χ3n) is 3.71. The minimum Gasteiger partial charge on any atom is -0.444 e. The zero-order valence-corrected chi connectivity index (χ0v) is 14.7. The van der Waals surface area contributed by atoms with Crippen molar-refractivity contribution in [1.82, 2.24) is 9.88 Å². The number of thiazole rings is 1. The maximum atomic E-state index is 12.4. The van der Waals surface area contributed by atoms with Crippen LogP contribution in [-0.2, 0) is 4.74 Å². The van der Waals surface area contributed by atoms with Crippen LogP contribution >= 0.6 is 11.3 Å². The number of carbonyl (C=O) groups excluding carboxylic acids is 1. The molecule has 6 heteroatoms. The first-order valence-corrected chi connectivity index (χ1v) is 8.86. The number of hydrogen-bond acceptors (Lipinski definition) is 5. The summed E-state index contributed by atoms with van der Waals surface area (Å²) in [5, 5.41) is 4.27. The monoisotopic (exact) mass is 333 g/mol. The predicted molar refractivity (Wildman–Crippen MR) is 93.8 cm³/mol. The molecule has 0 saturated carbocycles. The Labute approximate surface area is 140 Å². The van der Waals surface area contributed by atoms with Crippen molar-refractivity contribution in [2.75, 3.05) is 11.9 Å². The molecule has 3 rings (SSSR count). The van der Waals surface area contributed by atoms with Gasteiger partial charge in [-0.05, 0) is 52.2 Å². The molecule has 1 fully saturated rings. The van der Waals surface area contributed by atoms with Crippen molar-refractivity contribution in [3.8, 4) is 0 Å². The predicted octanol–water partition coefficient (Wildman–Crippen LogP) is 4.46. The topological polar surface area (TPSA) is 54.5 Å². The fraction of sp³-hybridized carbons (Fsp3) is 0.529. The van der Waals surface area contributed by atoms with Crippen molar-refractivity contribution in [2.45, 2.75) is 51.8 Å². The van der Waals surface area contributed by atoms with Crippen molar-refractivity contribution < 1.29 is 9.53 Å². The van der Waals surface area contributed by atoms with E-state index in [4.69, 9.17) is 4.74 Å². The van der Waals surface area contributed by atoms with Crippen LogP contribution in [0.5, 0.6) is 0 Å². The highest BCUT2D eigenvalue weighted by atomic mass is 32.1. The smallest absolute Gasteiger partial charge is 0.411 e. The highest BCUT2D eigenvalue weighted by molar-refractivity contribution is 7.22. The van der Waals surface area contributed by atoms with E-state index < -0.39 is 5.60 Å². The number of likely N-dealkylation sites (tertiary alicyclic amines) is 1. The first-order chi connectivity index (χ1) is 10.9. The van der Waals surface area contributed by atoms with Crippen LogP contribution in [0.4, 0.5) is 9.93 Å². The average Bonchev–Trinajstić information content (AvgIpc) is 2.88. The van der Waals surface area contributed by atoms with Gasteiger partial charge >= 0.3 is 6.09 Å². The molecule has 1 aromatic heterocycles. The maximum absolute atomic E-state index is 12.4. The normalized spacial score (nSPS) is 18.9. The molecular formula is C17H23N3O2S. The molecule has 0 spiro atoms. The number of benzene rings is 1. The summed E-state index contributed by atoms with van der Waals surface area (Å²) in [6.07, 6.45) is 2.71. The van der Waals surface area contributed by atoms with Crippen molar-refractivity contribution in [3.05, 3.63) is 24.3 Å². The number of piperidine rings is 1. The highest BCUT2D eigenvalue weighted by Gasteiger charge is 2.30. The zero-order valence-electron chi connectivity index (χ0n) is 13.8. The molecule has 0 radical (unpaired) electrons. The van der Waals surface area contributed by atoms with Gasteiger partial charge in [0.1, 0.15) is 11.8 Å². The number of rotatable bonds is 2. The largest absolute Gasteiger partial charge is 0.444 e. The standard InChI is InChI=1S/C17H23N3O2S/c1-17(2,3)22-16(21)20-11-7-6-10-14(20)19-15-18-12-8-4-5-9-13(12)23-15/h4-5,8-9,14H,6-7,10-11H2,1-3H3,(H,18,19). The molecule has 1 aliphatic heterocycles. The quantitative estimate of drug-likeness (QED) is 0.882. The van der Waals surface area contributed by atoms with Gasteiger partial charge in [0.25, 0.3) is 0 Å². The molecule has 0 bridgehead atoms. The fourth-order valence-corrected chi connectivity index (χ4v) is 3.61. The van der Waals surface area contributed by atoms with Crippen LogP contribution in [0.3, 0.4) is 0 Å². The summed E-state index contributed by atoms with van der Waals surface area (Å²) in [4.78, 5) is 18.8. The first-order valence-electron chi connectivity index (χ1n) is 8.04. The lowest BCUT2D eigenvalue weighted by atomic mass is 10.1. The minimum absolute atomic E-state index is 0.0563. The lowest BCUT2D eigenvalue weighted by Gasteiger charge is -2.36. The number of fused-ring (bicyclic) bond motifs is 1. The van der Waals surface area contributed by atoms with Gasteiger partial charge in [-0.15, -0.1) is 0 Å². The summed E-state index contributed by atoms with van der Waals surface area (Å²) in [6, 6.07) is 8.06. The Morgan fingerprint density at radius 2 is 2.13 bits per heavy atom. The molecule has 5 nitrogen and oxygen atoms in total. The lowest BCUT2D eigenvalue weighted by Crippen LogP contribution is -2.49. The number of anilines is 1. The Morgan fingerprint density at radius 1 is 1.35 bits per heavy atom. The number of nitrogens with one attached hydrogen (secondary N) is 1. The van der Waals surface area contributed by atoms with Gasteiger partial charge in [0, 0.05) is 6.54 Å². The molecule has 124 valence electrons. The molecule has 1 aliphatic rings. The molecular weight excluding hydrogens is 310 g/mol. The van der Waals surface area contributed by atoms with Gasteiger partial charge in [-0.2, -0.15) is 0 Å². The summed E-state index contributed by atoms with van der Waals surface area (Å²) in [5.41, 5.74) is 0.509. The molecule has 1 atom stereocenters. The maximum Gasteiger partial charge on any atom is 0.411 e. The molecule has 2 aromatic rings. The second-order valence-electron chi connectivity index (χ2n) is 6.82. The summed E-state index contributed by atoms with van der Waals surface area (Å²) in [7, 11) is 0. The molecule has 1 aromatic carbocycles. The molecule has 0 aliphatic carbocycles.